The highest BCUT2D eigenvalue weighted by Gasteiger charge is 2.12. The predicted molar refractivity (Wildman–Crippen MR) is 82.0 cm³/mol. The van der Waals surface area contributed by atoms with Crippen LogP contribution in [0.2, 0.25) is 0 Å². The van der Waals surface area contributed by atoms with Gasteiger partial charge in [0, 0.05) is 16.8 Å². The highest BCUT2D eigenvalue weighted by Crippen LogP contribution is 2.21. The minimum absolute atomic E-state index is 0.180. The van der Waals surface area contributed by atoms with Gasteiger partial charge in [0.25, 0.3) is 0 Å². The largest absolute Gasteiger partial charge is 0.399 e. The SMILES string of the molecule is CC(C)(C)c1ccc(C#Cc2cccc(N)c2)cc1. The fraction of sp³-hybridized carbons (Fsp3) is 0.222. The van der Waals surface area contributed by atoms with Crippen molar-refractivity contribution in [3.63, 3.8) is 0 Å². The molecule has 2 aromatic rings. The Bertz CT molecular complexity index is 619. The molecule has 96 valence electrons. The average molecular weight is 249 g/mol. The van der Waals surface area contributed by atoms with Gasteiger partial charge in [-0.05, 0) is 41.3 Å². The third kappa shape index (κ3) is 3.63. The van der Waals surface area contributed by atoms with Crippen LogP contribution >= 0.6 is 0 Å². The fourth-order valence-electron chi connectivity index (χ4n) is 1.81. The lowest BCUT2D eigenvalue weighted by Crippen LogP contribution is -2.10. The summed E-state index contributed by atoms with van der Waals surface area (Å²) in [6.07, 6.45) is 0. The second-order valence-corrected chi connectivity index (χ2v) is 5.70. The molecule has 0 spiro atoms. The van der Waals surface area contributed by atoms with E-state index < -0.39 is 0 Å². The second kappa shape index (κ2) is 5.20. The van der Waals surface area contributed by atoms with Gasteiger partial charge in [-0.25, -0.2) is 0 Å². The van der Waals surface area contributed by atoms with Gasteiger partial charge < -0.3 is 5.73 Å². The highest BCUT2D eigenvalue weighted by molar-refractivity contribution is 5.49. The normalized spacial score (nSPS) is 10.7. The smallest absolute Gasteiger partial charge is 0.0326 e. The summed E-state index contributed by atoms with van der Waals surface area (Å²) < 4.78 is 0. The Hall–Kier alpha value is -2.20. The number of anilines is 1. The molecule has 0 fully saturated rings. The third-order valence-corrected chi connectivity index (χ3v) is 2.99. The van der Waals surface area contributed by atoms with Crippen LogP contribution in [0, 0.1) is 11.8 Å². The quantitative estimate of drug-likeness (QED) is 0.555. The number of rotatable bonds is 0. The van der Waals surface area contributed by atoms with Gasteiger partial charge in [-0.2, -0.15) is 0 Å². The minimum atomic E-state index is 0.180. The number of nitrogens with two attached hydrogens (primary N) is 1. The van der Waals surface area contributed by atoms with Crippen molar-refractivity contribution < 1.29 is 0 Å². The topological polar surface area (TPSA) is 26.0 Å². The summed E-state index contributed by atoms with van der Waals surface area (Å²) in [4.78, 5) is 0. The number of hydrogen-bond donors (Lipinski definition) is 1. The molecule has 0 saturated heterocycles. The molecule has 0 saturated carbocycles. The van der Waals surface area contributed by atoms with Crippen molar-refractivity contribution in [3.05, 3.63) is 65.2 Å². The lowest BCUT2D eigenvalue weighted by Gasteiger charge is -2.18. The van der Waals surface area contributed by atoms with E-state index in [1.54, 1.807) is 0 Å². The van der Waals surface area contributed by atoms with Gasteiger partial charge in [0.05, 0.1) is 0 Å². The molecule has 0 heterocycles. The van der Waals surface area contributed by atoms with E-state index in [1.807, 2.05) is 24.3 Å². The maximum Gasteiger partial charge on any atom is 0.0326 e. The minimum Gasteiger partial charge on any atom is -0.399 e. The van der Waals surface area contributed by atoms with Gasteiger partial charge in [0.2, 0.25) is 0 Å². The molecule has 0 atom stereocenters. The number of nitrogen functional groups attached to an aromatic ring is 1. The summed E-state index contributed by atoms with van der Waals surface area (Å²) in [5.74, 6) is 6.29. The Labute approximate surface area is 115 Å². The molecule has 0 aliphatic heterocycles. The van der Waals surface area contributed by atoms with Gasteiger partial charge in [0.1, 0.15) is 0 Å². The number of hydrogen-bond acceptors (Lipinski definition) is 1. The van der Waals surface area contributed by atoms with Crippen molar-refractivity contribution in [2.24, 2.45) is 0 Å². The maximum atomic E-state index is 5.73. The van der Waals surface area contributed by atoms with Crippen molar-refractivity contribution in [1.82, 2.24) is 0 Å². The van der Waals surface area contributed by atoms with Gasteiger partial charge in [0.15, 0.2) is 0 Å². The Morgan fingerprint density at radius 1 is 0.842 bits per heavy atom. The molecule has 2 rings (SSSR count). The van der Waals surface area contributed by atoms with E-state index in [4.69, 9.17) is 5.73 Å². The van der Waals surface area contributed by atoms with Crippen LogP contribution in [-0.2, 0) is 5.41 Å². The molecular formula is C18H19N. The Morgan fingerprint density at radius 3 is 2.05 bits per heavy atom. The zero-order valence-corrected chi connectivity index (χ0v) is 11.7. The lowest BCUT2D eigenvalue weighted by molar-refractivity contribution is 0.590. The molecule has 0 radical (unpaired) electrons. The summed E-state index contributed by atoms with van der Waals surface area (Å²) in [6.45, 7) is 6.63. The molecule has 19 heavy (non-hydrogen) atoms. The Morgan fingerprint density at radius 2 is 1.47 bits per heavy atom. The molecule has 1 nitrogen and oxygen atoms in total. The van der Waals surface area contributed by atoms with Crippen molar-refractivity contribution in [1.29, 1.82) is 0 Å². The monoisotopic (exact) mass is 249 g/mol. The lowest BCUT2D eigenvalue weighted by atomic mass is 9.87. The van der Waals surface area contributed by atoms with Crippen molar-refractivity contribution in [2.45, 2.75) is 26.2 Å². The zero-order valence-electron chi connectivity index (χ0n) is 11.7. The summed E-state index contributed by atoms with van der Waals surface area (Å²) in [7, 11) is 0. The summed E-state index contributed by atoms with van der Waals surface area (Å²) >= 11 is 0. The molecule has 2 N–H and O–H groups in total. The molecule has 0 amide bonds. The maximum absolute atomic E-state index is 5.73. The second-order valence-electron chi connectivity index (χ2n) is 5.70. The first-order valence-electron chi connectivity index (χ1n) is 6.43. The van der Waals surface area contributed by atoms with Crippen LogP contribution < -0.4 is 5.73 Å². The molecular weight excluding hydrogens is 230 g/mol. The number of benzene rings is 2. The molecule has 0 aromatic heterocycles. The fourth-order valence-corrected chi connectivity index (χ4v) is 1.81. The predicted octanol–water partition coefficient (Wildman–Crippen LogP) is 3.97. The molecule has 0 aliphatic carbocycles. The highest BCUT2D eigenvalue weighted by atomic mass is 14.5. The van der Waals surface area contributed by atoms with Crippen LogP contribution in [0.4, 0.5) is 5.69 Å². The standard InChI is InChI=1S/C18H19N/c1-18(2,3)16-11-9-14(10-12-16)7-8-15-5-4-6-17(19)13-15/h4-6,9-13H,19H2,1-3H3. The van der Waals surface area contributed by atoms with Crippen LogP contribution in [0.1, 0.15) is 37.5 Å². The summed E-state index contributed by atoms with van der Waals surface area (Å²) in [5, 5.41) is 0. The van der Waals surface area contributed by atoms with Gasteiger partial charge in [-0.1, -0.05) is 50.8 Å². The van der Waals surface area contributed by atoms with E-state index in [2.05, 4.69) is 56.9 Å². The van der Waals surface area contributed by atoms with E-state index >= 15 is 0 Å². The average Bonchev–Trinajstić information content (AvgIpc) is 2.36. The van der Waals surface area contributed by atoms with Crippen molar-refractivity contribution in [3.8, 4) is 11.8 Å². The Kier molecular flexibility index (Phi) is 3.62. The van der Waals surface area contributed by atoms with Gasteiger partial charge in [-0.3, -0.25) is 0 Å². The van der Waals surface area contributed by atoms with Crippen LogP contribution in [0.5, 0.6) is 0 Å². The molecule has 1 heteroatoms. The Balaban J connectivity index is 2.21. The van der Waals surface area contributed by atoms with Crippen molar-refractivity contribution in [2.75, 3.05) is 5.73 Å². The van der Waals surface area contributed by atoms with E-state index in [0.717, 1.165) is 16.8 Å². The van der Waals surface area contributed by atoms with Gasteiger partial charge in [-0.15, -0.1) is 0 Å². The third-order valence-electron chi connectivity index (χ3n) is 2.99. The van der Waals surface area contributed by atoms with Crippen LogP contribution in [0.25, 0.3) is 0 Å². The van der Waals surface area contributed by atoms with Crippen molar-refractivity contribution >= 4 is 5.69 Å². The van der Waals surface area contributed by atoms with Crippen LogP contribution in [-0.4, -0.2) is 0 Å². The first-order chi connectivity index (χ1) is 8.95. The van der Waals surface area contributed by atoms with E-state index in [1.165, 1.54) is 5.56 Å². The van der Waals surface area contributed by atoms with Gasteiger partial charge >= 0.3 is 0 Å². The summed E-state index contributed by atoms with van der Waals surface area (Å²) in [5.41, 5.74) is 9.94. The molecule has 0 unspecified atom stereocenters. The molecule has 0 bridgehead atoms. The van der Waals surface area contributed by atoms with E-state index in [0.29, 0.717) is 0 Å². The first-order valence-corrected chi connectivity index (χ1v) is 6.43. The van der Waals surface area contributed by atoms with E-state index in [9.17, 15) is 0 Å². The zero-order chi connectivity index (χ0) is 13.9. The van der Waals surface area contributed by atoms with E-state index in [-0.39, 0.29) is 5.41 Å². The molecule has 2 aromatic carbocycles. The van der Waals surface area contributed by atoms with Crippen LogP contribution in [0.15, 0.2) is 48.5 Å². The molecule has 0 aliphatic rings. The summed E-state index contributed by atoms with van der Waals surface area (Å²) in [6, 6.07) is 16.1. The first kappa shape index (κ1) is 13.2. The van der Waals surface area contributed by atoms with Crippen LogP contribution in [0.3, 0.4) is 0 Å².